The van der Waals surface area contributed by atoms with Crippen molar-refractivity contribution in [3.8, 4) is 0 Å². The zero-order valence-electron chi connectivity index (χ0n) is 11.1. The molecule has 0 aromatic rings. The molecule has 2 N–H and O–H groups in total. The Kier molecular flexibility index (Phi) is 4.97. The van der Waals surface area contributed by atoms with E-state index >= 15 is 0 Å². The average Bonchev–Trinajstić information content (AvgIpc) is 2.83. The monoisotopic (exact) mass is 256 g/mol. The van der Waals surface area contributed by atoms with Gasteiger partial charge in [-0.3, -0.25) is 9.69 Å². The van der Waals surface area contributed by atoms with Crippen LogP contribution in [0.3, 0.4) is 0 Å². The first-order valence-electron chi connectivity index (χ1n) is 7.04. The molecule has 0 spiro atoms. The van der Waals surface area contributed by atoms with Crippen LogP contribution in [0.5, 0.6) is 0 Å². The third kappa shape index (κ3) is 3.22. The molecule has 0 aromatic heterocycles. The summed E-state index contributed by atoms with van der Waals surface area (Å²) in [6.07, 6.45) is 4.76. The molecule has 0 aromatic carbocycles. The van der Waals surface area contributed by atoms with Gasteiger partial charge in [-0.15, -0.1) is 0 Å². The molecule has 1 saturated heterocycles. The predicted molar refractivity (Wildman–Crippen MR) is 68.7 cm³/mol. The van der Waals surface area contributed by atoms with Gasteiger partial charge in [0.25, 0.3) is 0 Å². The maximum absolute atomic E-state index is 11.3. The van der Waals surface area contributed by atoms with E-state index in [0.717, 1.165) is 39.0 Å². The summed E-state index contributed by atoms with van der Waals surface area (Å²) < 4.78 is 5.75. The van der Waals surface area contributed by atoms with Crippen molar-refractivity contribution in [3.05, 3.63) is 0 Å². The van der Waals surface area contributed by atoms with Crippen molar-refractivity contribution in [2.24, 2.45) is 0 Å². The van der Waals surface area contributed by atoms with Gasteiger partial charge in [0, 0.05) is 19.1 Å². The van der Waals surface area contributed by atoms with Gasteiger partial charge < -0.3 is 15.2 Å². The van der Waals surface area contributed by atoms with Gasteiger partial charge in [-0.2, -0.15) is 0 Å². The summed E-state index contributed by atoms with van der Waals surface area (Å²) in [7, 11) is 0. The van der Waals surface area contributed by atoms with E-state index in [2.05, 4.69) is 10.2 Å². The van der Waals surface area contributed by atoms with Gasteiger partial charge in [0.1, 0.15) is 6.04 Å². The fraction of sp³-hybridized carbons (Fsp3) is 0.923. The Morgan fingerprint density at radius 2 is 2.39 bits per heavy atom. The first kappa shape index (κ1) is 13.8. The highest BCUT2D eigenvalue weighted by molar-refractivity contribution is 5.73. The van der Waals surface area contributed by atoms with Crippen molar-refractivity contribution < 1.29 is 14.6 Å². The number of aliphatic carboxylic acids is 1. The number of ether oxygens (including phenoxy) is 1. The fourth-order valence-corrected chi connectivity index (χ4v) is 3.02. The Hall–Kier alpha value is -0.650. The SMILES string of the molecule is CCCNC(CN1CCOC2CCCC21)C(=O)O. The minimum Gasteiger partial charge on any atom is -0.480 e. The summed E-state index contributed by atoms with van der Waals surface area (Å²) in [6, 6.07) is -0.0201. The molecule has 3 unspecified atom stereocenters. The topological polar surface area (TPSA) is 61.8 Å². The van der Waals surface area contributed by atoms with Crippen LogP contribution in [0.2, 0.25) is 0 Å². The highest BCUT2D eigenvalue weighted by Crippen LogP contribution is 2.29. The number of carboxylic acid groups (broad SMARTS) is 1. The molecule has 2 aliphatic rings. The Morgan fingerprint density at radius 1 is 1.56 bits per heavy atom. The molecule has 3 atom stereocenters. The minimum absolute atomic E-state index is 0.333. The Bertz CT molecular complexity index is 285. The van der Waals surface area contributed by atoms with Crippen LogP contribution in [0, 0.1) is 0 Å². The molecular formula is C13H24N2O3. The average molecular weight is 256 g/mol. The van der Waals surface area contributed by atoms with E-state index in [1.165, 1.54) is 6.42 Å². The van der Waals surface area contributed by atoms with E-state index in [4.69, 9.17) is 4.74 Å². The maximum Gasteiger partial charge on any atom is 0.322 e. The van der Waals surface area contributed by atoms with E-state index in [1.807, 2.05) is 6.92 Å². The van der Waals surface area contributed by atoms with Crippen LogP contribution in [0.1, 0.15) is 32.6 Å². The van der Waals surface area contributed by atoms with Gasteiger partial charge in [-0.1, -0.05) is 6.92 Å². The number of nitrogens with one attached hydrogen (secondary N) is 1. The zero-order chi connectivity index (χ0) is 13.0. The quantitative estimate of drug-likeness (QED) is 0.732. The number of hydrogen-bond donors (Lipinski definition) is 2. The molecule has 2 rings (SSSR count). The van der Waals surface area contributed by atoms with Crippen LogP contribution in [-0.4, -0.2) is 60.4 Å². The minimum atomic E-state index is -0.746. The number of nitrogens with zero attached hydrogens (tertiary/aromatic N) is 1. The van der Waals surface area contributed by atoms with Crippen molar-refractivity contribution in [2.75, 3.05) is 26.2 Å². The van der Waals surface area contributed by atoms with Gasteiger partial charge in [0.2, 0.25) is 0 Å². The van der Waals surface area contributed by atoms with Crippen molar-refractivity contribution in [3.63, 3.8) is 0 Å². The van der Waals surface area contributed by atoms with Gasteiger partial charge in [-0.25, -0.2) is 0 Å². The second kappa shape index (κ2) is 6.50. The third-order valence-corrected chi connectivity index (χ3v) is 3.95. The van der Waals surface area contributed by atoms with Crippen LogP contribution in [0.4, 0.5) is 0 Å². The third-order valence-electron chi connectivity index (χ3n) is 3.95. The molecule has 5 nitrogen and oxygen atoms in total. The van der Waals surface area contributed by atoms with Gasteiger partial charge in [0.05, 0.1) is 12.7 Å². The molecular weight excluding hydrogens is 232 g/mol. The lowest BCUT2D eigenvalue weighted by atomic mass is 10.1. The van der Waals surface area contributed by atoms with Crippen molar-refractivity contribution in [1.82, 2.24) is 10.2 Å². The second-order valence-electron chi connectivity index (χ2n) is 5.25. The number of fused-ring (bicyclic) bond motifs is 1. The Labute approximate surface area is 108 Å². The summed E-state index contributed by atoms with van der Waals surface area (Å²) in [5.74, 6) is -0.746. The van der Waals surface area contributed by atoms with Gasteiger partial charge in [0.15, 0.2) is 0 Å². The smallest absolute Gasteiger partial charge is 0.322 e. The largest absolute Gasteiger partial charge is 0.480 e. The van der Waals surface area contributed by atoms with Crippen LogP contribution in [-0.2, 0) is 9.53 Å². The summed E-state index contributed by atoms with van der Waals surface area (Å²) in [5, 5.41) is 12.4. The molecule has 1 aliphatic heterocycles. The summed E-state index contributed by atoms with van der Waals surface area (Å²) >= 11 is 0. The molecule has 104 valence electrons. The van der Waals surface area contributed by atoms with E-state index < -0.39 is 12.0 Å². The first-order valence-corrected chi connectivity index (χ1v) is 7.04. The lowest BCUT2D eigenvalue weighted by molar-refractivity contribution is -0.141. The molecule has 0 bridgehead atoms. The number of hydrogen-bond acceptors (Lipinski definition) is 4. The molecule has 1 aliphatic carbocycles. The molecule has 18 heavy (non-hydrogen) atoms. The van der Waals surface area contributed by atoms with Crippen LogP contribution < -0.4 is 5.32 Å². The van der Waals surface area contributed by atoms with E-state index in [9.17, 15) is 9.90 Å². The molecule has 2 fully saturated rings. The van der Waals surface area contributed by atoms with Crippen LogP contribution in [0.15, 0.2) is 0 Å². The highest BCUT2D eigenvalue weighted by atomic mass is 16.5. The van der Waals surface area contributed by atoms with Crippen molar-refractivity contribution in [1.29, 1.82) is 0 Å². The molecule has 1 saturated carbocycles. The van der Waals surface area contributed by atoms with Crippen molar-refractivity contribution in [2.45, 2.75) is 50.8 Å². The summed E-state index contributed by atoms with van der Waals surface area (Å²) in [4.78, 5) is 13.6. The number of rotatable bonds is 6. The zero-order valence-corrected chi connectivity index (χ0v) is 11.1. The lowest BCUT2D eigenvalue weighted by Gasteiger charge is -2.38. The van der Waals surface area contributed by atoms with Crippen molar-refractivity contribution >= 4 is 5.97 Å². The second-order valence-corrected chi connectivity index (χ2v) is 5.25. The highest BCUT2D eigenvalue weighted by Gasteiger charge is 2.37. The summed E-state index contributed by atoms with van der Waals surface area (Å²) in [6.45, 7) is 5.00. The van der Waals surface area contributed by atoms with Crippen LogP contribution in [0.25, 0.3) is 0 Å². The Morgan fingerprint density at radius 3 is 3.11 bits per heavy atom. The molecule has 5 heteroatoms. The fourth-order valence-electron chi connectivity index (χ4n) is 3.02. The molecule has 1 heterocycles. The summed E-state index contributed by atoms with van der Waals surface area (Å²) in [5.41, 5.74) is 0. The lowest BCUT2D eigenvalue weighted by Crippen LogP contribution is -2.55. The van der Waals surface area contributed by atoms with E-state index in [1.54, 1.807) is 0 Å². The Balaban J connectivity index is 1.90. The van der Waals surface area contributed by atoms with Gasteiger partial charge >= 0.3 is 5.97 Å². The van der Waals surface area contributed by atoms with E-state index in [0.29, 0.717) is 18.7 Å². The maximum atomic E-state index is 11.3. The molecule has 0 amide bonds. The normalized spacial score (nSPS) is 30.1. The first-order chi connectivity index (χ1) is 8.72. The van der Waals surface area contributed by atoms with Gasteiger partial charge in [-0.05, 0) is 32.2 Å². The van der Waals surface area contributed by atoms with Crippen LogP contribution >= 0.6 is 0 Å². The predicted octanol–water partition coefficient (Wildman–Crippen LogP) is 0.693. The standard InChI is InChI=1S/C13H24N2O3/c1-2-6-14-10(13(16)17)9-15-7-8-18-12-5-3-4-11(12)15/h10-12,14H,2-9H2,1H3,(H,16,17). The number of morpholine rings is 1. The number of carbonyl (C=O) groups is 1. The van der Waals surface area contributed by atoms with E-state index in [-0.39, 0.29) is 0 Å². The number of carboxylic acids is 1. The molecule has 0 radical (unpaired) electrons.